The maximum atomic E-state index is 11.7. The minimum atomic E-state index is 0.0988. The van der Waals surface area contributed by atoms with E-state index in [4.69, 9.17) is 5.73 Å². The van der Waals surface area contributed by atoms with Crippen LogP contribution in [0, 0.1) is 0 Å². The molecule has 13 heavy (non-hydrogen) atoms. The standard InChI is InChI=1S/C10H16N2O/c1-2-9(5-6-11)10(13)12-7-3-4-8-12/h2,5-6H,3-4,7-8,11H2,1H3/b6-5-,9-2+. The molecule has 2 N–H and O–H groups in total. The summed E-state index contributed by atoms with van der Waals surface area (Å²) in [5, 5.41) is 0. The lowest BCUT2D eigenvalue weighted by atomic mass is 10.2. The maximum Gasteiger partial charge on any atom is 0.253 e. The number of likely N-dealkylation sites (tertiary alicyclic amines) is 1. The average molecular weight is 180 g/mol. The molecule has 0 unspecified atom stereocenters. The first-order valence-corrected chi connectivity index (χ1v) is 4.63. The number of rotatable bonds is 2. The summed E-state index contributed by atoms with van der Waals surface area (Å²) >= 11 is 0. The predicted molar refractivity (Wildman–Crippen MR) is 52.9 cm³/mol. The Morgan fingerprint density at radius 2 is 2.00 bits per heavy atom. The van der Waals surface area contributed by atoms with Crippen LogP contribution in [0.5, 0.6) is 0 Å². The van der Waals surface area contributed by atoms with Crippen molar-refractivity contribution >= 4 is 5.91 Å². The van der Waals surface area contributed by atoms with Gasteiger partial charge in [-0.1, -0.05) is 6.08 Å². The van der Waals surface area contributed by atoms with E-state index in [0.717, 1.165) is 25.9 Å². The fraction of sp³-hybridized carbons (Fsp3) is 0.500. The van der Waals surface area contributed by atoms with E-state index in [1.807, 2.05) is 11.8 Å². The van der Waals surface area contributed by atoms with Crippen LogP contribution in [-0.4, -0.2) is 23.9 Å². The number of hydrogen-bond acceptors (Lipinski definition) is 2. The van der Waals surface area contributed by atoms with E-state index in [1.165, 1.54) is 6.20 Å². The van der Waals surface area contributed by atoms with E-state index in [9.17, 15) is 4.79 Å². The van der Waals surface area contributed by atoms with Crippen LogP contribution in [0.2, 0.25) is 0 Å². The number of hydrogen-bond donors (Lipinski definition) is 1. The molecule has 0 bridgehead atoms. The van der Waals surface area contributed by atoms with Crippen molar-refractivity contribution in [1.29, 1.82) is 0 Å². The molecule has 0 aliphatic carbocycles. The Morgan fingerprint density at radius 3 is 2.46 bits per heavy atom. The highest BCUT2D eigenvalue weighted by atomic mass is 16.2. The Kier molecular flexibility index (Phi) is 3.55. The van der Waals surface area contributed by atoms with E-state index in [2.05, 4.69) is 0 Å². The van der Waals surface area contributed by atoms with Crippen molar-refractivity contribution in [3.05, 3.63) is 23.9 Å². The molecule has 3 nitrogen and oxygen atoms in total. The Labute approximate surface area is 78.9 Å². The highest BCUT2D eigenvalue weighted by molar-refractivity contribution is 5.96. The summed E-state index contributed by atoms with van der Waals surface area (Å²) in [5.74, 6) is 0.0988. The van der Waals surface area contributed by atoms with Gasteiger partial charge in [0.2, 0.25) is 0 Å². The van der Waals surface area contributed by atoms with Crippen LogP contribution in [0.25, 0.3) is 0 Å². The fourth-order valence-corrected chi connectivity index (χ4v) is 1.50. The molecule has 0 spiro atoms. The molecule has 1 saturated heterocycles. The highest BCUT2D eigenvalue weighted by Crippen LogP contribution is 2.12. The van der Waals surface area contributed by atoms with E-state index in [-0.39, 0.29) is 5.91 Å². The van der Waals surface area contributed by atoms with Crippen molar-refractivity contribution in [1.82, 2.24) is 4.90 Å². The molecule has 0 aromatic rings. The first-order valence-electron chi connectivity index (χ1n) is 4.63. The van der Waals surface area contributed by atoms with Crippen molar-refractivity contribution in [2.75, 3.05) is 13.1 Å². The molecule has 0 aromatic carbocycles. The molecular formula is C10H16N2O. The number of carbonyl (C=O) groups is 1. The van der Waals surface area contributed by atoms with E-state index < -0.39 is 0 Å². The minimum absolute atomic E-state index is 0.0988. The Morgan fingerprint density at radius 1 is 1.38 bits per heavy atom. The fourth-order valence-electron chi connectivity index (χ4n) is 1.50. The molecule has 1 rings (SSSR count). The van der Waals surface area contributed by atoms with Crippen LogP contribution in [0.15, 0.2) is 23.9 Å². The zero-order chi connectivity index (χ0) is 9.68. The summed E-state index contributed by atoms with van der Waals surface area (Å²) in [7, 11) is 0. The Hall–Kier alpha value is -1.25. The molecular weight excluding hydrogens is 164 g/mol. The van der Waals surface area contributed by atoms with Crippen LogP contribution in [-0.2, 0) is 4.79 Å². The van der Waals surface area contributed by atoms with Gasteiger partial charge in [0, 0.05) is 18.7 Å². The summed E-state index contributed by atoms with van der Waals surface area (Å²) in [4.78, 5) is 13.6. The first kappa shape index (κ1) is 9.84. The van der Waals surface area contributed by atoms with Crippen molar-refractivity contribution in [2.45, 2.75) is 19.8 Å². The Bertz CT molecular complexity index is 237. The second-order valence-corrected chi connectivity index (χ2v) is 3.10. The molecule has 1 aliphatic rings. The van der Waals surface area contributed by atoms with Crippen LogP contribution in [0.1, 0.15) is 19.8 Å². The van der Waals surface area contributed by atoms with Gasteiger partial charge in [-0.3, -0.25) is 4.79 Å². The zero-order valence-electron chi connectivity index (χ0n) is 7.99. The third-order valence-corrected chi connectivity index (χ3v) is 2.23. The second kappa shape index (κ2) is 4.70. The van der Waals surface area contributed by atoms with Crippen molar-refractivity contribution in [3.63, 3.8) is 0 Å². The lowest BCUT2D eigenvalue weighted by Crippen LogP contribution is -2.28. The van der Waals surface area contributed by atoms with E-state index in [0.29, 0.717) is 5.57 Å². The quantitative estimate of drug-likeness (QED) is 0.509. The average Bonchev–Trinajstić information content (AvgIpc) is 2.65. The number of nitrogens with zero attached hydrogens (tertiary/aromatic N) is 1. The molecule has 1 aliphatic heterocycles. The summed E-state index contributed by atoms with van der Waals surface area (Å²) < 4.78 is 0. The zero-order valence-corrected chi connectivity index (χ0v) is 7.99. The van der Waals surface area contributed by atoms with Crippen LogP contribution in [0.3, 0.4) is 0 Å². The number of nitrogens with two attached hydrogens (primary N) is 1. The summed E-state index contributed by atoms with van der Waals surface area (Å²) in [6.45, 7) is 3.62. The molecule has 1 fully saturated rings. The van der Waals surface area contributed by atoms with Gasteiger partial charge < -0.3 is 10.6 Å². The van der Waals surface area contributed by atoms with Gasteiger partial charge in [0.25, 0.3) is 5.91 Å². The smallest absolute Gasteiger partial charge is 0.253 e. The third kappa shape index (κ3) is 2.34. The van der Waals surface area contributed by atoms with Gasteiger partial charge in [0.05, 0.1) is 0 Å². The van der Waals surface area contributed by atoms with Gasteiger partial charge in [-0.2, -0.15) is 0 Å². The Balaban J connectivity index is 2.63. The topological polar surface area (TPSA) is 46.3 Å². The number of amides is 1. The highest BCUT2D eigenvalue weighted by Gasteiger charge is 2.19. The second-order valence-electron chi connectivity index (χ2n) is 3.10. The lowest BCUT2D eigenvalue weighted by molar-refractivity contribution is -0.125. The first-order chi connectivity index (χ1) is 6.29. The third-order valence-electron chi connectivity index (χ3n) is 2.23. The van der Waals surface area contributed by atoms with Crippen molar-refractivity contribution in [3.8, 4) is 0 Å². The van der Waals surface area contributed by atoms with Crippen LogP contribution in [0.4, 0.5) is 0 Å². The molecule has 1 amide bonds. The molecule has 3 heteroatoms. The lowest BCUT2D eigenvalue weighted by Gasteiger charge is -2.15. The van der Waals surface area contributed by atoms with Gasteiger partial charge in [0.15, 0.2) is 0 Å². The predicted octanol–water partition coefficient (Wildman–Crippen LogP) is 1.03. The summed E-state index contributed by atoms with van der Waals surface area (Å²) in [6, 6.07) is 0. The normalized spacial score (nSPS) is 18.5. The van der Waals surface area contributed by atoms with Gasteiger partial charge in [-0.05, 0) is 32.0 Å². The molecule has 0 radical (unpaired) electrons. The molecule has 0 aromatic heterocycles. The molecule has 72 valence electrons. The maximum absolute atomic E-state index is 11.7. The van der Waals surface area contributed by atoms with Gasteiger partial charge >= 0.3 is 0 Å². The molecule has 0 atom stereocenters. The van der Waals surface area contributed by atoms with E-state index >= 15 is 0 Å². The van der Waals surface area contributed by atoms with Crippen LogP contribution >= 0.6 is 0 Å². The molecule has 0 saturated carbocycles. The SMILES string of the molecule is C/C=C(\C=C/N)C(=O)N1CCCC1. The van der Waals surface area contributed by atoms with E-state index in [1.54, 1.807) is 12.2 Å². The monoisotopic (exact) mass is 180 g/mol. The van der Waals surface area contributed by atoms with Gasteiger partial charge in [-0.15, -0.1) is 0 Å². The van der Waals surface area contributed by atoms with Gasteiger partial charge in [0.1, 0.15) is 0 Å². The summed E-state index contributed by atoms with van der Waals surface area (Å²) in [6.07, 6.45) is 7.10. The molecule has 1 heterocycles. The van der Waals surface area contributed by atoms with Crippen molar-refractivity contribution in [2.24, 2.45) is 5.73 Å². The van der Waals surface area contributed by atoms with Crippen LogP contribution < -0.4 is 5.73 Å². The largest absolute Gasteiger partial charge is 0.405 e. The minimum Gasteiger partial charge on any atom is -0.405 e. The number of allylic oxidation sites excluding steroid dienone is 1. The number of carbonyl (C=O) groups excluding carboxylic acids is 1. The summed E-state index contributed by atoms with van der Waals surface area (Å²) in [5.41, 5.74) is 5.93. The van der Waals surface area contributed by atoms with Gasteiger partial charge in [-0.25, -0.2) is 0 Å². The van der Waals surface area contributed by atoms with Crippen molar-refractivity contribution < 1.29 is 4.79 Å².